The fourth-order valence-electron chi connectivity index (χ4n) is 3.77. The van der Waals surface area contributed by atoms with E-state index in [1.54, 1.807) is 0 Å². The van der Waals surface area contributed by atoms with Gasteiger partial charge in [-0.25, -0.2) is 0 Å². The topological polar surface area (TPSA) is 41.3 Å². The number of nitrogens with one attached hydrogen (secondary N) is 1. The maximum absolute atomic E-state index is 5.91. The summed E-state index contributed by atoms with van der Waals surface area (Å²) in [5.74, 6) is 6.81. The van der Waals surface area contributed by atoms with Crippen LogP contribution in [0.25, 0.3) is 0 Å². The zero-order chi connectivity index (χ0) is 13.6. The number of nitrogens with zero attached hydrogens (tertiary/aromatic N) is 1. The summed E-state index contributed by atoms with van der Waals surface area (Å²) in [7, 11) is 0. The predicted molar refractivity (Wildman–Crippen MR) is 79.3 cm³/mol. The Labute approximate surface area is 113 Å². The molecule has 1 aliphatic rings. The zero-order valence-corrected chi connectivity index (χ0v) is 12.8. The molecule has 0 amide bonds. The maximum atomic E-state index is 5.91. The molecule has 0 saturated heterocycles. The van der Waals surface area contributed by atoms with E-state index in [0.29, 0.717) is 6.04 Å². The minimum atomic E-state index is 0.230. The highest BCUT2D eigenvalue weighted by atomic mass is 15.3. The van der Waals surface area contributed by atoms with Gasteiger partial charge in [0.2, 0.25) is 0 Å². The Morgan fingerprint density at radius 3 is 2.00 bits per heavy atom. The molecule has 0 heterocycles. The van der Waals surface area contributed by atoms with Gasteiger partial charge in [0, 0.05) is 11.6 Å². The van der Waals surface area contributed by atoms with E-state index in [1.165, 1.54) is 38.5 Å². The Morgan fingerprint density at radius 2 is 1.72 bits per heavy atom. The third-order valence-corrected chi connectivity index (χ3v) is 5.26. The van der Waals surface area contributed by atoms with Crippen LogP contribution < -0.4 is 11.3 Å². The van der Waals surface area contributed by atoms with Gasteiger partial charge in [-0.3, -0.25) is 16.2 Å². The molecule has 18 heavy (non-hydrogen) atoms. The highest BCUT2D eigenvalue weighted by Gasteiger charge is 2.40. The second-order valence-corrected chi connectivity index (χ2v) is 5.73. The van der Waals surface area contributed by atoms with Crippen LogP contribution in [0.2, 0.25) is 0 Å². The molecule has 3 nitrogen and oxygen atoms in total. The lowest BCUT2D eigenvalue weighted by molar-refractivity contribution is 0.0342. The van der Waals surface area contributed by atoms with E-state index in [0.717, 1.165) is 19.0 Å². The SMILES string of the molecule is CCN(CC)C(CC)(CC)C(CC1CCC1)NN. The Hall–Kier alpha value is -0.120. The molecule has 0 aliphatic heterocycles. The second-order valence-electron chi connectivity index (χ2n) is 5.73. The van der Waals surface area contributed by atoms with Crippen molar-refractivity contribution in [2.24, 2.45) is 11.8 Å². The summed E-state index contributed by atoms with van der Waals surface area (Å²) in [6.07, 6.45) is 7.81. The quantitative estimate of drug-likeness (QED) is 0.492. The van der Waals surface area contributed by atoms with Crippen molar-refractivity contribution in [1.29, 1.82) is 0 Å². The monoisotopic (exact) mass is 255 g/mol. The molecule has 0 aromatic carbocycles. The van der Waals surface area contributed by atoms with Crippen LogP contribution in [-0.4, -0.2) is 29.6 Å². The van der Waals surface area contributed by atoms with Gasteiger partial charge in [-0.15, -0.1) is 0 Å². The number of nitrogens with two attached hydrogens (primary N) is 1. The number of hydrazine groups is 1. The van der Waals surface area contributed by atoms with Gasteiger partial charge < -0.3 is 0 Å². The Morgan fingerprint density at radius 1 is 1.17 bits per heavy atom. The van der Waals surface area contributed by atoms with E-state index in [9.17, 15) is 0 Å². The van der Waals surface area contributed by atoms with Crippen LogP contribution in [0.5, 0.6) is 0 Å². The minimum Gasteiger partial charge on any atom is -0.297 e. The molecule has 1 saturated carbocycles. The second kappa shape index (κ2) is 7.46. The average Bonchev–Trinajstić information content (AvgIpc) is 2.36. The predicted octanol–water partition coefficient (Wildman–Crippen LogP) is 2.91. The number of likely N-dealkylation sites (N-methyl/N-ethyl adjacent to an activating group) is 1. The van der Waals surface area contributed by atoms with E-state index in [-0.39, 0.29) is 5.54 Å². The lowest BCUT2D eigenvalue weighted by Gasteiger charge is -2.49. The molecule has 0 aromatic rings. The Kier molecular flexibility index (Phi) is 6.61. The first-order chi connectivity index (χ1) is 8.68. The molecule has 3 heteroatoms. The molecule has 3 N–H and O–H groups in total. The largest absolute Gasteiger partial charge is 0.297 e. The van der Waals surface area contributed by atoms with E-state index in [1.807, 2.05) is 0 Å². The van der Waals surface area contributed by atoms with Gasteiger partial charge in [0.1, 0.15) is 0 Å². The molecule has 1 fully saturated rings. The van der Waals surface area contributed by atoms with Crippen molar-refractivity contribution in [3.8, 4) is 0 Å². The molecular formula is C15H33N3. The summed E-state index contributed by atoms with van der Waals surface area (Å²) in [6.45, 7) is 11.4. The highest BCUT2D eigenvalue weighted by molar-refractivity contribution is 4.99. The molecule has 0 bridgehead atoms. The van der Waals surface area contributed by atoms with Crippen molar-refractivity contribution >= 4 is 0 Å². The lowest BCUT2D eigenvalue weighted by atomic mass is 9.73. The van der Waals surface area contributed by atoms with Crippen LogP contribution in [0, 0.1) is 5.92 Å². The van der Waals surface area contributed by atoms with E-state index >= 15 is 0 Å². The third kappa shape index (κ3) is 3.06. The maximum Gasteiger partial charge on any atom is 0.0397 e. The third-order valence-electron chi connectivity index (χ3n) is 5.26. The Bertz CT molecular complexity index is 218. The lowest BCUT2D eigenvalue weighted by Crippen LogP contribution is -2.62. The highest BCUT2D eigenvalue weighted by Crippen LogP contribution is 2.36. The molecule has 0 aromatic heterocycles. The van der Waals surface area contributed by atoms with Gasteiger partial charge in [0.15, 0.2) is 0 Å². The minimum absolute atomic E-state index is 0.230. The molecule has 1 atom stereocenters. The van der Waals surface area contributed by atoms with Crippen molar-refractivity contribution < 1.29 is 0 Å². The van der Waals surface area contributed by atoms with Crippen LogP contribution in [0.3, 0.4) is 0 Å². The van der Waals surface area contributed by atoms with E-state index < -0.39 is 0 Å². The molecule has 1 rings (SSSR count). The average molecular weight is 255 g/mol. The normalized spacial score (nSPS) is 19.0. The fraction of sp³-hybridized carbons (Fsp3) is 1.00. The fourth-order valence-corrected chi connectivity index (χ4v) is 3.77. The van der Waals surface area contributed by atoms with Crippen LogP contribution in [-0.2, 0) is 0 Å². The molecular weight excluding hydrogens is 222 g/mol. The summed E-state index contributed by atoms with van der Waals surface area (Å²) >= 11 is 0. The van der Waals surface area contributed by atoms with E-state index in [4.69, 9.17) is 5.84 Å². The van der Waals surface area contributed by atoms with Gasteiger partial charge >= 0.3 is 0 Å². The molecule has 108 valence electrons. The summed E-state index contributed by atoms with van der Waals surface area (Å²) < 4.78 is 0. The standard InChI is InChI=1S/C15H33N3/c1-5-15(6-2,18(7-3)8-4)14(17-16)12-13-10-9-11-13/h13-14,17H,5-12,16H2,1-4H3. The van der Waals surface area contributed by atoms with Crippen LogP contribution >= 0.6 is 0 Å². The smallest absolute Gasteiger partial charge is 0.0397 e. The summed E-state index contributed by atoms with van der Waals surface area (Å²) in [5, 5.41) is 0. The first-order valence-electron chi connectivity index (χ1n) is 7.89. The number of hydrogen-bond acceptors (Lipinski definition) is 3. The first kappa shape index (κ1) is 15.9. The van der Waals surface area contributed by atoms with Gasteiger partial charge in [-0.1, -0.05) is 47.0 Å². The van der Waals surface area contributed by atoms with Crippen LogP contribution in [0.15, 0.2) is 0 Å². The van der Waals surface area contributed by atoms with Gasteiger partial charge in [0.05, 0.1) is 0 Å². The summed E-state index contributed by atoms with van der Waals surface area (Å²) in [6, 6.07) is 0.428. The van der Waals surface area contributed by atoms with Crippen molar-refractivity contribution in [1.82, 2.24) is 10.3 Å². The number of rotatable bonds is 9. The van der Waals surface area contributed by atoms with Gasteiger partial charge in [-0.2, -0.15) is 0 Å². The van der Waals surface area contributed by atoms with Crippen molar-refractivity contribution in [3.05, 3.63) is 0 Å². The van der Waals surface area contributed by atoms with Gasteiger partial charge in [-0.05, 0) is 38.3 Å². The van der Waals surface area contributed by atoms with Crippen LogP contribution in [0.4, 0.5) is 0 Å². The van der Waals surface area contributed by atoms with Crippen molar-refractivity contribution in [3.63, 3.8) is 0 Å². The molecule has 0 radical (unpaired) electrons. The van der Waals surface area contributed by atoms with Crippen LogP contribution in [0.1, 0.15) is 66.2 Å². The Balaban J connectivity index is 2.82. The number of hydrogen-bond donors (Lipinski definition) is 2. The zero-order valence-electron chi connectivity index (χ0n) is 12.8. The summed E-state index contributed by atoms with van der Waals surface area (Å²) in [4.78, 5) is 2.61. The first-order valence-corrected chi connectivity index (χ1v) is 7.89. The molecule has 0 spiro atoms. The van der Waals surface area contributed by atoms with Crippen molar-refractivity contribution in [2.45, 2.75) is 77.8 Å². The van der Waals surface area contributed by atoms with Crippen molar-refractivity contribution in [2.75, 3.05) is 13.1 Å². The molecule has 1 unspecified atom stereocenters. The summed E-state index contributed by atoms with van der Waals surface area (Å²) in [5.41, 5.74) is 3.38. The molecule has 1 aliphatic carbocycles. The van der Waals surface area contributed by atoms with E-state index in [2.05, 4.69) is 38.0 Å². The van der Waals surface area contributed by atoms with Gasteiger partial charge in [0.25, 0.3) is 0 Å².